The Morgan fingerprint density at radius 2 is 2.10 bits per heavy atom. The van der Waals surface area contributed by atoms with Crippen molar-refractivity contribution in [3.05, 3.63) is 34.6 Å². The molecule has 1 aromatic rings. The second kappa shape index (κ2) is 7.90. The van der Waals surface area contributed by atoms with Gasteiger partial charge in [-0.15, -0.1) is 0 Å². The van der Waals surface area contributed by atoms with Crippen LogP contribution >= 0.6 is 11.6 Å². The van der Waals surface area contributed by atoms with Crippen LogP contribution in [0, 0.1) is 11.7 Å². The zero-order valence-electron chi connectivity index (χ0n) is 12.4. The molecule has 21 heavy (non-hydrogen) atoms. The average molecular weight is 313 g/mol. The molecular formula is C17H22ClFO2. The molecule has 2 rings (SSSR count). The summed E-state index contributed by atoms with van der Waals surface area (Å²) in [6, 6.07) is 4.14. The summed E-state index contributed by atoms with van der Waals surface area (Å²) in [5.74, 6) is -0.0670. The van der Waals surface area contributed by atoms with Crippen LogP contribution in [0.4, 0.5) is 4.39 Å². The molecule has 1 aliphatic rings. The van der Waals surface area contributed by atoms with Gasteiger partial charge in [0.15, 0.2) is 5.78 Å². The Balaban J connectivity index is 2.08. The molecule has 0 bridgehead atoms. The summed E-state index contributed by atoms with van der Waals surface area (Å²) in [5.41, 5.74) is 0.544. The number of hydrogen-bond acceptors (Lipinski definition) is 2. The van der Waals surface area contributed by atoms with Gasteiger partial charge in [0.05, 0.1) is 0 Å². The minimum Gasteiger partial charge on any atom is -0.370 e. The Kier molecular flexibility index (Phi) is 6.19. The third kappa shape index (κ3) is 4.52. The minimum atomic E-state index is -0.380. The monoisotopic (exact) mass is 312 g/mol. The fourth-order valence-electron chi connectivity index (χ4n) is 3.08. The number of hydrogen-bond donors (Lipinski definition) is 0. The summed E-state index contributed by atoms with van der Waals surface area (Å²) in [6.07, 6.45) is 5.37. The van der Waals surface area contributed by atoms with E-state index < -0.39 is 0 Å². The summed E-state index contributed by atoms with van der Waals surface area (Å²) in [4.78, 5) is 12.6. The van der Waals surface area contributed by atoms with Crippen molar-refractivity contribution in [3.8, 4) is 0 Å². The van der Waals surface area contributed by atoms with Gasteiger partial charge in [-0.3, -0.25) is 4.79 Å². The van der Waals surface area contributed by atoms with Crippen LogP contribution < -0.4 is 0 Å². The van der Waals surface area contributed by atoms with E-state index in [2.05, 4.69) is 0 Å². The molecule has 4 heteroatoms. The van der Waals surface area contributed by atoms with Crippen LogP contribution in [0.25, 0.3) is 0 Å². The van der Waals surface area contributed by atoms with E-state index in [0.717, 1.165) is 25.7 Å². The molecule has 0 amide bonds. The maximum Gasteiger partial charge on any atom is 0.166 e. The largest absolute Gasteiger partial charge is 0.370 e. The van der Waals surface area contributed by atoms with Crippen molar-refractivity contribution in [3.63, 3.8) is 0 Å². The predicted octanol–water partition coefficient (Wildman–Crippen LogP) is 4.58. The van der Waals surface area contributed by atoms with Crippen LogP contribution in [0.5, 0.6) is 0 Å². The lowest BCUT2D eigenvalue weighted by atomic mass is 9.82. The number of ketones is 1. The van der Waals surface area contributed by atoms with Crippen LogP contribution in [0.2, 0.25) is 5.02 Å². The van der Waals surface area contributed by atoms with Crippen molar-refractivity contribution < 1.29 is 13.9 Å². The predicted molar refractivity (Wildman–Crippen MR) is 82.1 cm³/mol. The highest BCUT2D eigenvalue weighted by Gasteiger charge is 2.30. The van der Waals surface area contributed by atoms with Crippen LogP contribution in [0.15, 0.2) is 18.2 Å². The van der Waals surface area contributed by atoms with E-state index >= 15 is 0 Å². The zero-order valence-corrected chi connectivity index (χ0v) is 13.2. The summed E-state index contributed by atoms with van der Waals surface area (Å²) < 4.78 is 19.0. The van der Waals surface area contributed by atoms with E-state index in [1.54, 1.807) is 0 Å². The molecule has 0 N–H and O–H groups in total. The summed E-state index contributed by atoms with van der Waals surface area (Å²) >= 11 is 6.05. The van der Waals surface area contributed by atoms with Gasteiger partial charge < -0.3 is 4.74 Å². The third-order valence-corrected chi connectivity index (χ3v) is 4.48. The first-order valence-corrected chi connectivity index (χ1v) is 8.08. The maximum absolute atomic E-state index is 13.3. The second-order valence-electron chi connectivity index (χ2n) is 5.65. The third-order valence-electron chi connectivity index (χ3n) is 4.11. The van der Waals surface area contributed by atoms with Gasteiger partial charge >= 0.3 is 0 Å². The van der Waals surface area contributed by atoms with Gasteiger partial charge in [0.1, 0.15) is 11.9 Å². The quantitative estimate of drug-likeness (QED) is 0.768. The first-order chi connectivity index (χ1) is 10.1. The summed E-state index contributed by atoms with van der Waals surface area (Å²) in [6.45, 7) is 2.42. The van der Waals surface area contributed by atoms with E-state index in [9.17, 15) is 9.18 Å². The highest BCUT2D eigenvalue weighted by molar-refractivity contribution is 6.31. The molecule has 0 heterocycles. The van der Waals surface area contributed by atoms with Gasteiger partial charge in [-0.25, -0.2) is 4.39 Å². The van der Waals surface area contributed by atoms with Crippen molar-refractivity contribution in [1.29, 1.82) is 0 Å². The van der Waals surface area contributed by atoms with E-state index in [1.807, 2.05) is 6.92 Å². The lowest BCUT2D eigenvalue weighted by Crippen LogP contribution is -2.35. The average Bonchev–Trinajstić information content (AvgIpc) is 2.49. The van der Waals surface area contributed by atoms with E-state index in [0.29, 0.717) is 23.1 Å². The topological polar surface area (TPSA) is 26.3 Å². The molecule has 2 nitrogen and oxygen atoms in total. The van der Waals surface area contributed by atoms with E-state index in [1.165, 1.54) is 24.6 Å². The van der Waals surface area contributed by atoms with Crippen molar-refractivity contribution in [2.75, 3.05) is 6.61 Å². The van der Waals surface area contributed by atoms with Crippen LogP contribution in [-0.4, -0.2) is 18.5 Å². The SMILES string of the molecule is CCOC(C(=O)Cc1cc(F)ccc1Cl)C1CCCCC1. The second-order valence-corrected chi connectivity index (χ2v) is 6.06. The molecule has 0 saturated heterocycles. The van der Waals surface area contributed by atoms with Gasteiger partial charge in [0.2, 0.25) is 0 Å². The lowest BCUT2D eigenvalue weighted by Gasteiger charge is -2.29. The lowest BCUT2D eigenvalue weighted by molar-refractivity contribution is -0.134. The van der Waals surface area contributed by atoms with Gasteiger partial charge in [-0.05, 0) is 49.4 Å². The number of benzene rings is 1. The molecule has 1 aromatic carbocycles. The number of ether oxygens (including phenoxy) is 1. The van der Waals surface area contributed by atoms with Crippen LogP contribution in [0.3, 0.4) is 0 Å². The molecule has 0 aliphatic heterocycles. The molecule has 116 valence electrons. The molecule has 1 fully saturated rings. The number of carbonyl (C=O) groups is 1. The zero-order chi connectivity index (χ0) is 15.2. The molecule has 1 saturated carbocycles. The molecule has 0 aromatic heterocycles. The highest BCUT2D eigenvalue weighted by atomic mass is 35.5. The normalized spacial score (nSPS) is 17.7. The molecule has 0 spiro atoms. The van der Waals surface area contributed by atoms with Gasteiger partial charge in [-0.1, -0.05) is 30.9 Å². The van der Waals surface area contributed by atoms with Crippen molar-refractivity contribution >= 4 is 17.4 Å². The molecule has 1 atom stereocenters. The number of halogens is 2. The number of carbonyl (C=O) groups excluding carboxylic acids is 1. The smallest absolute Gasteiger partial charge is 0.166 e. The Hall–Kier alpha value is -0.930. The summed E-state index contributed by atoms with van der Waals surface area (Å²) in [5, 5.41) is 0.434. The molecular weight excluding hydrogens is 291 g/mol. The fourth-order valence-corrected chi connectivity index (χ4v) is 3.26. The Morgan fingerprint density at radius 3 is 2.76 bits per heavy atom. The Morgan fingerprint density at radius 1 is 1.38 bits per heavy atom. The Labute approximate surface area is 130 Å². The first-order valence-electron chi connectivity index (χ1n) is 7.70. The van der Waals surface area contributed by atoms with Crippen molar-refractivity contribution in [1.82, 2.24) is 0 Å². The number of rotatable bonds is 6. The molecule has 1 aliphatic carbocycles. The van der Waals surface area contributed by atoms with Gasteiger partial charge in [-0.2, -0.15) is 0 Å². The number of Topliss-reactive ketones (excluding diaryl/α,β-unsaturated/α-hetero) is 1. The van der Waals surface area contributed by atoms with Crippen molar-refractivity contribution in [2.45, 2.75) is 51.6 Å². The maximum atomic E-state index is 13.3. The van der Waals surface area contributed by atoms with Crippen molar-refractivity contribution in [2.24, 2.45) is 5.92 Å². The van der Waals surface area contributed by atoms with Crippen LogP contribution in [0.1, 0.15) is 44.6 Å². The fraction of sp³-hybridized carbons (Fsp3) is 0.588. The van der Waals surface area contributed by atoms with E-state index in [4.69, 9.17) is 16.3 Å². The van der Waals surface area contributed by atoms with Gasteiger partial charge in [0.25, 0.3) is 0 Å². The first kappa shape index (κ1) is 16.4. The molecule has 1 unspecified atom stereocenters. The van der Waals surface area contributed by atoms with Gasteiger partial charge in [0, 0.05) is 18.1 Å². The minimum absolute atomic E-state index is 0.0104. The standard InChI is InChI=1S/C17H22ClFO2/c1-2-21-17(12-6-4-3-5-7-12)16(20)11-13-10-14(19)8-9-15(13)18/h8-10,12,17H,2-7,11H2,1H3. The highest BCUT2D eigenvalue weighted by Crippen LogP contribution is 2.29. The van der Waals surface area contributed by atoms with Crippen LogP contribution in [-0.2, 0) is 16.0 Å². The Bertz CT molecular complexity index is 484. The molecule has 0 radical (unpaired) electrons. The summed E-state index contributed by atoms with van der Waals surface area (Å²) in [7, 11) is 0. The van der Waals surface area contributed by atoms with E-state index in [-0.39, 0.29) is 24.1 Å².